The zero-order chi connectivity index (χ0) is 24.6. The van der Waals surface area contributed by atoms with Crippen LogP contribution in [0.25, 0.3) is 0 Å². The monoisotopic (exact) mass is 466 g/mol. The molecule has 33 heavy (non-hydrogen) atoms. The van der Waals surface area contributed by atoms with Gasteiger partial charge in [0.15, 0.2) is 6.29 Å². The zero-order valence-corrected chi connectivity index (χ0v) is 18.8. The predicted molar refractivity (Wildman–Crippen MR) is 116 cm³/mol. The van der Waals surface area contributed by atoms with Gasteiger partial charge < -0.3 is 34.3 Å². The zero-order valence-electron chi connectivity index (χ0n) is 18.8. The number of likely N-dealkylation sites (N-methyl/N-ethyl adjacent to an activating group) is 1. The lowest BCUT2D eigenvalue weighted by atomic mass is 10.0. The van der Waals surface area contributed by atoms with Gasteiger partial charge >= 0.3 is 5.97 Å². The summed E-state index contributed by atoms with van der Waals surface area (Å²) < 4.78 is 15.9. The fourth-order valence-electron chi connectivity index (χ4n) is 2.72. The lowest BCUT2D eigenvalue weighted by Crippen LogP contribution is -2.39. The van der Waals surface area contributed by atoms with Gasteiger partial charge in [0.05, 0.1) is 44.5 Å². The van der Waals surface area contributed by atoms with Crippen molar-refractivity contribution in [3.8, 4) is 5.75 Å². The van der Waals surface area contributed by atoms with Crippen LogP contribution >= 0.6 is 0 Å². The Hall–Kier alpha value is -3.31. The highest BCUT2D eigenvalue weighted by Gasteiger charge is 2.23. The summed E-state index contributed by atoms with van der Waals surface area (Å²) in [5.74, 6) is -1.33. The molecule has 1 aromatic carbocycles. The highest BCUT2D eigenvalue weighted by atomic mass is 16.5. The molecular formula is C22H30N2O9. The molecule has 0 spiro atoms. The molecule has 182 valence electrons. The largest absolute Gasteiger partial charge is 0.491 e. The average molecular weight is 466 g/mol. The Morgan fingerprint density at radius 2 is 1.73 bits per heavy atom. The van der Waals surface area contributed by atoms with Crippen LogP contribution in [-0.2, 0) is 23.9 Å². The molecule has 0 saturated heterocycles. The molecule has 1 unspecified atom stereocenters. The highest BCUT2D eigenvalue weighted by Crippen LogP contribution is 2.19. The predicted octanol–water partition coefficient (Wildman–Crippen LogP) is 0.552. The summed E-state index contributed by atoms with van der Waals surface area (Å²) in [5, 5.41) is 10.9. The third-order valence-corrected chi connectivity index (χ3v) is 4.63. The molecule has 0 aliphatic heterocycles. The standard InChI is InChI=1S/C22H30N2O9/c1-23-20(27)6-3-17(15-26)24(2)22(30)19-5-4-18(13-16(19)14-25)33-12-11-32-10-9-31-8-7-21(28)29/h4-5,13-15,17H,3,6-12H2,1-2H3,(H,23,27)(H,28,29). The van der Waals surface area contributed by atoms with Crippen LogP contribution in [0.15, 0.2) is 18.2 Å². The summed E-state index contributed by atoms with van der Waals surface area (Å²) >= 11 is 0. The summed E-state index contributed by atoms with van der Waals surface area (Å²) in [4.78, 5) is 58.7. The summed E-state index contributed by atoms with van der Waals surface area (Å²) in [6, 6.07) is 3.58. The molecule has 0 fully saturated rings. The van der Waals surface area contributed by atoms with E-state index in [2.05, 4.69) is 5.32 Å². The van der Waals surface area contributed by atoms with Crippen molar-refractivity contribution in [3.63, 3.8) is 0 Å². The number of aldehydes is 2. The van der Waals surface area contributed by atoms with Gasteiger partial charge in [-0.15, -0.1) is 0 Å². The number of benzene rings is 1. The Labute approximate surface area is 192 Å². The molecule has 11 heteroatoms. The number of aliphatic carboxylic acids is 1. The average Bonchev–Trinajstić information content (AvgIpc) is 2.82. The van der Waals surface area contributed by atoms with Crippen molar-refractivity contribution in [1.29, 1.82) is 0 Å². The summed E-state index contributed by atoms with van der Waals surface area (Å²) in [6.45, 7) is 1.09. The molecule has 1 aromatic rings. The lowest BCUT2D eigenvalue weighted by molar-refractivity contribution is -0.138. The first-order valence-corrected chi connectivity index (χ1v) is 10.4. The van der Waals surface area contributed by atoms with Gasteiger partial charge in [-0.05, 0) is 24.6 Å². The molecule has 0 radical (unpaired) electrons. The first kappa shape index (κ1) is 27.7. The number of amides is 2. The van der Waals surface area contributed by atoms with Crippen LogP contribution in [0.5, 0.6) is 5.75 Å². The SMILES string of the molecule is CNC(=O)CCC(C=O)N(C)C(=O)c1ccc(OCCOCCOCCC(=O)O)cc1C=O. The molecule has 1 atom stereocenters. The smallest absolute Gasteiger partial charge is 0.305 e. The first-order valence-electron chi connectivity index (χ1n) is 10.4. The van der Waals surface area contributed by atoms with Crippen LogP contribution in [-0.4, -0.2) is 93.5 Å². The minimum absolute atomic E-state index is 0.0672. The molecule has 0 aliphatic carbocycles. The van der Waals surface area contributed by atoms with E-state index < -0.39 is 17.9 Å². The summed E-state index contributed by atoms with van der Waals surface area (Å²) in [6.07, 6.45) is 1.30. The Kier molecular flexibility index (Phi) is 13.0. The number of ether oxygens (including phenoxy) is 3. The van der Waals surface area contributed by atoms with Gasteiger partial charge in [-0.3, -0.25) is 19.2 Å². The second-order valence-electron chi connectivity index (χ2n) is 6.92. The summed E-state index contributed by atoms with van der Waals surface area (Å²) in [7, 11) is 2.92. The molecule has 0 aromatic heterocycles. The maximum absolute atomic E-state index is 12.8. The number of hydrogen-bond acceptors (Lipinski definition) is 8. The Bertz CT molecular complexity index is 813. The number of carbonyl (C=O) groups is 5. The third kappa shape index (κ3) is 10.2. The number of carbonyl (C=O) groups excluding carboxylic acids is 4. The highest BCUT2D eigenvalue weighted by molar-refractivity contribution is 6.02. The van der Waals surface area contributed by atoms with Gasteiger partial charge in [0.2, 0.25) is 5.91 Å². The molecule has 2 N–H and O–H groups in total. The van der Waals surface area contributed by atoms with Gasteiger partial charge in [0.1, 0.15) is 18.6 Å². The van der Waals surface area contributed by atoms with Crippen LogP contribution < -0.4 is 10.1 Å². The molecule has 0 aliphatic rings. The van der Waals surface area contributed by atoms with E-state index in [1.165, 1.54) is 37.2 Å². The molecule has 11 nitrogen and oxygen atoms in total. The second kappa shape index (κ2) is 15.5. The first-order chi connectivity index (χ1) is 15.8. The number of rotatable bonds is 17. The maximum Gasteiger partial charge on any atom is 0.305 e. The number of carboxylic acids is 1. The third-order valence-electron chi connectivity index (χ3n) is 4.63. The minimum Gasteiger partial charge on any atom is -0.491 e. The molecule has 1 rings (SSSR count). The number of nitrogens with zero attached hydrogens (tertiary/aromatic N) is 1. The maximum atomic E-state index is 12.8. The van der Waals surface area contributed by atoms with Crippen LogP contribution in [0, 0.1) is 0 Å². The van der Waals surface area contributed by atoms with E-state index in [0.29, 0.717) is 18.3 Å². The van der Waals surface area contributed by atoms with Crippen molar-refractivity contribution in [2.24, 2.45) is 0 Å². The second-order valence-corrected chi connectivity index (χ2v) is 6.92. The van der Waals surface area contributed by atoms with E-state index >= 15 is 0 Å². The van der Waals surface area contributed by atoms with Gasteiger partial charge in [-0.25, -0.2) is 0 Å². The van der Waals surface area contributed by atoms with Crippen LogP contribution in [0.4, 0.5) is 0 Å². The molecule has 2 amide bonds. The Morgan fingerprint density at radius 1 is 1.06 bits per heavy atom. The van der Waals surface area contributed by atoms with Crippen molar-refractivity contribution in [2.75, 3.05) is 47.1 Å². The quantitative estimate of drug-likeness (QED) is 0.248. The van der Waals surface area contributed by atoms with E-state index in [4.69, 9.17) is 19.3 Å². The van der Waals surface area contributed by atoms with E-state index in [1.807, 2.05) is 0 Å². The molecular weight excluding hydrogens is 436 g/mol. The van der Waals surface area contributed by atoms with Gasteiger partial charge in [-0.2, -0.15) is 0 Å². The molecule has 0 bridgehead atoms. The van der Waals surface area contributed by atoms with Crippen molar-refractivity contribution < 1.29 is 43.3 Å². The van der Waals surface area contributed by atoms with E-state index in [9.17, 15) is 24.0 Å². The minimum atomic E-state index is -0.928. The van der Waals surface area contributed by atoms with Crippen molar-refractivity contribution in [2.45, 2.75) is 25.3 Å². The molecule has 0 saturated carbocycles. The van der Waals surface area contributed by atoms with Gasteiger partial charge in [0.25, 0.3) is 5.91 Å². The molecule has 0 heterocycles. The number of nitrogens with one attached hydrogen (secondary N) is 1. The van der Waals surface area contributed by atoms with Crippen molar-refractivity contribution in [1.82, 2.24) is 10.2 Å². The van der Waals surface area contributed by atoms with E-state index in [0.717, 1.165) is 0 Å². The number of hydrogen-bond donors (Lipinski definition) is 2. The Balaban J connectivity index is 2.55. The van der Waals surface area contributed by atoms with Crippen molar-refractivity contribution >= 4 is 30.4 Å². The fraction of sp³-hybridized carbons (Fsp3) is 0.500. The van der Waals surface area contributed by atoms with Crippen LogP contribution in [0.2, 0.25) is 0 Å². The Morgan fingerprint density at radius 3 is 2.33 bits per heavy atom. The van der Waals surface area contributed by atoms with Crippen molar-refractivity contribution in [3.05, 3.63) is 29.3 Å². The normalized spacial score (nSPS) is 11.3. The van der Waals surface area contributed by atoms with Gasteiger partial charge in [-0.1, -0.05) is 0 Å². The van der Waals surface area contributed by atoms with Gasteiger partial charge in [0, 0.05) is 26.1 Å². The summed E-state index contributed by atoms with van der Waals surface area (Å²) in [5.41, 5.74) is 0.217. The van der Waals surface area contributed by atoms with E-state index in [1.54, 1.807) is 0 Å². The fourth-order valence-corrected chi connectivity index (χ4v) is 2.72. The number of carboxylic acid groups (broad SMARTS) is 1. The topological polar surface area (TPSA) is 149 Å². The van der Waals surface area contributed by atoms with E-state index in [-0.39, 0.29) is 69.3 Å². The van der Waals surface area contributed by atoms with Crippen LogP contribution in [0.3, 0.4) is 0 Å². The van der Waals surface area contributed by atoms with Crippen LogP contribution in [0.1, 0.15) is 40.0 Å². The lowest BCUT2D eigenvalue weighted by Gasteiger charge is -2.24.